The van der Waals surface area contributed by atoms with Crippen molar-refractivity contribution in [1.29, 1.82) is 0 Å². The molecule has 3 nitrogen and oxygen atoms in total. The van der Waals surface area contributed by atoms with Crippen molar-refractivity contribution in [3.05, 3.63) is 23.4 Å². The van der Waals surface area contributed by atoms with E-state index in [1.165, 1.54) is 19.3 Å². The largest absolute Gasteiger partial charge is 0.389 e. The molecule has 3 N–H and O–H groups in total. The molecule has 0 aromatic carbocycles. The molecule has 0 bridgehead atoms. The molecule has 1 saturated carbocycles. The highest BCUT2D eigenvalue weighted by Crippen LogP contribution is 2.27. The third-order valence-corrected chi connectivity index (χ3v) is 3.39. The second kappa shape index (κ2) is 4.78. The molecule has 0 amide bonds. The second-order valence-corrected chi connectivity index (χ2v) is 4.83. The van der Waals surface area contributed by atoms with E-state index < -0.39 is 0 Å². The lowest BCUT2D eigenvalue weighted by atomic mass is 9.85. The zero-order valence-electron chi connectivity index (χ0n) is 9.49. The van der Waals surface area contributed by atoms with Gasteiger partial charge in [0.05, 0.1) is 5.56 Å². The Morgan fingerprint density at radius 1 is 1.62 bits per heavy atom. The molecule has 4 heteroatoms. The van der Waals surface area contributed by atoms with Crippen LogP contribution in [0.4, 0.5) is 5.82 Å². The van der Waals surface area contributed by atoms with Crippen molar-refractivity contribution in [1.82, 2.24) is 4.98 Å². The Morgan fingerprint density at radius 2 is 2.38 bits per heavy atom. The SMILES string of the molecule is Cc1ccnc(NCC2CCC2)c1C(N)=S. The number of nitrogens with two attached hydrogens (primary N) is 1. The predicted octanol–water partition coefficient (Wildman–Crippen LogP) is 2.24. The third-order valence-electron chi connectivity index (χ3n) is 3.19. The van der Waals surface area contributed by atoms with Crippen LogP contribution in [0, 0.1) is 12.8 Å². The summed E-state index contributed by atoms with van der Waals surface area (Å²) in [6.45, 7) is 2.98. The van der Waals surface area contributed by atoms with Gasteiger partial charge >= 0.3 is 0 Å². The summed E-state index contributed by atoms with van der Waals surface area (Å²) in [5, 5.41) is 3.36. The monoisotopic (exact) mass is 235 g/mol. The Morgan fingerprint density at radius 3 is 2.94 bits per heavy atom. The van der Waals surface area contributed by atoms with Gasteiger partial charge in [-0.1, -0.05) is 18.6 Å². The van der Waals surface area contributed by atoms with Crippen molar-refractivity contribution in [2.45, 2.75) is 26.2 Å². The zero-order chi connectivity index (χ0) is 11.5. The average molecular weight is 235 g/mol. The minimum absolute atomic E-state index is 0.418. The first-order valence-corrected chi connectivity index (χ1v) is 6.08. The van der Waals surface area contributed by atoms with Gasteiger partial charge in [-0.05, 0) is 37.3 Å². The standard InChI is InChI=1S/C12H17N3S/c1-8-5-6-14-12(10(8)11(13)16)15-7-9-3-2-4-9/h5-6,9H,2-4,7H2,1H3,(H2,13,16)(H,14,15). The van der Waals surface area contributed by atoms with Gasteiger partial charge in [0.1, 0.15) is 10.8 Å². The number of aryl methyl sites for hydroxylation is 1. The first-order chi connectivity index (χ1) is 7.68. The van der Waals surface area contributed by atoms with E-state index in [1.54, 1.807) is 6.20 Å². The predicted molar refractivity (Wildman–Crippen MR) is 70.7 cm³/mol. The molecular formula is C12H17N3S. The lowest BCUT2D eigenvalue weighted by Gasteiger charge is -2.26. The van der Waals surface area contributed by atoms with Gasteiger partial charge in [0.2, 0.25) is 0 Å². The van der Waals surface area contributed by atoms with Gasteiger partial charge in [0, 0.05) is 12.7 Å². The smallest absolute Gasteiger partial charge is 0.136 e. The van der Waals surface area contributed by atoms with Crippen LogP contribution in [-0.2, 0) is 0 Å². The van der Waals surface area contributed by atoms with E-state index in [0.717, 1.165) is 29.4 Å². The topological polar surface area (TPSA) is 50.9 Å². The molecule has 0 atom stereocenters. The molecule has 1 aliphatic carbocycles. The van der Waals surface area contributed by atoms with E-state index in [4.69, 9.17) is 18.0 Å². The number of thiocarbonyl (C=S) groups is 1. The van der Waals surface area contributed by atoms with E-state index in [0.29, 0.717) is 4.99 Å². The summed E-state index contributed by atoms with van der Waals surface area (Å²) in [7, 11) is 0. The summed E-state index contributed by atoms with van der Waals surface area (Å²) in [6, 6.07) is 1.93. The number of anilines is 1. The van der Waals surface area contributed by atoms with Crippen LogP contribution < -0.4 is 11.1 Å². The van der Waals surface area contributed by atoms with E-state index in [9.17, 15) is 0 Å². The van der Waals surface area contributed by atoms with Crippen LogP contribution in [0.15, 0.2) is 12.3 Å². The van der Waals surface area contributed by atoms with Crippen LogP contribution in [0.3, 0.4) is 0 Å². The molecule has 1 fully saturated rings. The first kappa shape index (κ1) is 11.3. The highest BCUT2D eigenvalue weighted by Gasteiger charge is 2.18. The maximum Gasteiger partial charge on any atom is 0.136 e. The number of aromatic nitrogens is 1. The van der Waals surface area contributed by atoms with Crippen molar-refractivity contribution in [3.8, 4) is 0 Å². The molecule has 1 aliphatic rings. The van der Waals surface area contributed by atoms with Gasteiger partial charge in [0.25, 0.3) is 0 Å². The lowest BCUT2D eigenvalue weighted by molar-refractivity contribution is 0.333. The molecular weight excluding hydrogens is 218 g/mol. The van der Waals surface area contributed by atoms with Crippen molar-refractivity contribution in [2.24, 2.45) is 11.7 Å². The Labute approximate surface area is 101 Å². The number of pyridine rings is 1. The average Bonchev–Trinajstić information content (AvgIpc) is 2.14. The molecule has 0 unspecified atom stereocenters. The van der Waals surface area contributed by atoms with E-state index in [1.807, 2.05) is 13.0 Å². The molecule has 1 aromatic rings. The summed E-state index contributed by atoms with van der Waals surface area (Å²) in [6.07, 6.45) is 5.79. The normalized spacial score (nSPS) is 15.6. The number of hydrogen-bond acceptors (Lipinski definition) is 3. The number of hydrogen-bond donors (Lipinski definition) is 2. The van der Waals surface area contributed by atoms with Gasteiger partial charge in [-0.25, -0.2) is 4.98 Å². The number of nitrogens with zero attached hydrogens (tertiary/aromatic N) is 1. The minimum atomic E-state index is 0.418. The summed E-state index contributed by atoms with van der Waals surface area (Å²) in [4.78, 5) is 4.73. The zero-order valence-corrected chi connectivity index (χ0v) is 10.3. The highest BCUT2D eigenvalue weighted by atomic mass is 32.1. The maximum absolute atomic E-state index is 5.72. The van der Waals surface area contributed by atoms with Gasteiger partial charge in [0.15, 0.2) is 0 Å². The molecule has 0 radical (unpaired) electrons. The highest BCUT2D eigenvalue weighted by molar-refractivity contribution is 7.80. The molecule has 1 heterocycles. The third kappa shape index (κ3) is 2.32. The quantitative estimate of drug-likeness (QED) is 0.786. The lowest BCUT2D eigenvalue weighted by Crippen LogP contribution is -2.23. The van der Waals surface area contributed by atoms with Crippen molar-refractivity contribution in [2.75, 3.05) is 11.9 Å². The van der Waals surface area contributed by atoms with E-state index in [-0.39, 0.29) is 0 Å². The Bertz CT molecular complexity index is 399. The second-order valence-electron chi connectivity index (χ2n) is 4.39. The fraction of sp³-hybridized carbons (Fsp3) is 0.500. The maximum atomic E-state index is 5.72. The van der Waals surface area contributed by atoms with Crippen LogP contribution in [0.1, 0.15) is 30.4 Å². The van der Waals surface area contributed by atoms with Crippen molar-refractivity contribution < 1.29 is 0 Å². The van der Waals surface area contributed by atoms with Gasteiger partial charge in [-0.15, -0.1) is 0 Å². The summed E-state index contributed by atoms with van der Waals surface area (Å²) < 4.78 is 0. The molecule has 16 heavy (non-hydrogen) atoms. The Hall–Kier alpha value is -1.16. The molecule has 2 rings (SSSR count). The summed E-state index contributed by atoms with van der Waals surface area (Å²) >= 11 is 5.06. The number of rotatable bonds is 4. The molecule has 86 valence electrons. The van der Waals surface area contributed by atoms with Crippen LogP contribution in [0.2, 0.25) is 0 Å². The Kier molecular flexibility index (Phi) is 3.39. The molecule has 1 aromatic heterocycles. The van der Waals surface area contributed by atoms with Crippen LogP contribution in [0.25, 0.3) is 0 Å². The van der Waals surface area contributed by atoms with Crippen molar-refractivity contribution >= 4 is 23.0 Å². The van der Waals surface area contributed by atoms with Crippen LogP contribution in [0.5, 0.6) is 0 Å². The van der Waals surface area contributed by atoms with Gasteiger partial charge in [-0.3, -0.25) is 0 Å². The van der Waals surface area contributed by atoms with Gasteiger partial charge in [-0.2, -0.15) is 0 Å². The molecule has 0 spiro atoms. The van der Waals surface area contributed by atoms with Crippen LogP contribution in [-0.4, -0.2) is 16.5 Å². The van der Waals surface area contributed by atoms with Crippen molar-refractivity contribution in [3.63, 3.8) is 0 Å². The van der Waals surface area contributed by atoms with Crippen LogP contribution >= 0.6 is 12.2 Å². The van der Waals surface area contributed by atoms with E-state index >= 15 is 0 Å². The van der Waals surface area contributed by atoms with E-state index in [2.05, 4.69) is 10.3 Å². The summed E-state index contributed by atoms with van der Waals surface area (Å²) in [5.41, 5.74) is 7.69. The minimum Gasteiger partial charge on any atom is -0.389 e. The number of nitrogens with one attached hydrogen (secondary N) is 1. The first-order valence-electron chi connectivity index (χ1n) is 5.67. The van der Waals surface area contributed by atoms with Gasteiger partial charge < -0.3 is 11.1 Å². The summed E-state index contributed by atoms with van der Waals surface area (Å²) in [5.74, 6) is 1.63. The Balaban J connectivity index is 2.12. The molecule has 0 aliphatic heterocycles. The fourth-order valence-corrected chi connectivity index (χ4v) is 2.20. The molecule has 0 saturated heterocycles. The fourth-order valence-electron chi connectivity index (χ4n) is 1.94.